The summed E-state index contributed by atoms with van der Waals surface area (Å²) in [6, 6.07) is 16.2. The molecule has 3 heteroatoms. The van der Waals surface area contributed by atoms with Gasteiger partial charge in [0.2, 0.25) is 0 Å². The molecule has 0 heterocycles. The fourth-order valence-electron chi connectivity index (χ4n) is 1.74. The molecule has 2 rings (SSSR count). The van der Waals surface area contributed by atoms with Gasteiger partial charge < -0.3 is 15.2 Å². The molecule has 0 aromatic heterocycles. The third kappa shape index (κ3) is 4.30. The van der Waals surface area contributed by atoms with E-state index in [9.17, 15) is 0 Å². The molecule has 0 radical (unpaired) electrons. The largest absolute Gasteiger partial charge is 0.491 e. The molecule has 0 bridgehead atoms. The van der Waals surface area contributed by atoms with E-state index in [2.05, 4.69) is 36.5 Å². The van der Waals surface area contributed by atoms with Gasteiger partial charge in [0, 0.05) is 12.2 Å². The molecule has 2 aromatic rings. The van der Waals surface area contributed by atoms with Crippen LogP contribution in [0, 0.1) is 6.92 Å². The number of ether oxygens (including phenoxy) is 1. The van der Waals surface area contributed by atoms with E-state index < -0.39 is 0 Å². The second-order valence-electron chi connectivity index (χ2n) is 4.44. The van der Waals surface area contributed by atoms with Gasteiger partial charge in [0.25, 0.3) is 0 Å². The molecule has 100 valence electrons. The predicted octanol–water partition coefficient (Wildman–Crippen LogP) is 2.98. The van der Waals surface area contributed by atoms with Gasteiger partial charge in [-0.15, -0.1) is 0 Å². The van der Waals surface area contributed by atoms with Crippen molar-refractivity contribution < 1.29 is 9.84 Å². The van der Waals surface area contributed by atoms with Crippen LogP contribution in [0.3, 0.4) is 0 Å². The van der Waals surface area contributed by atoms with Gasteiger partial charge in [-0.25, -0.2) is 0 Å². The van der Waals surface area contributed by atoms with Crippen molar-refractivity contribution in [2.24, 2.45) is 0 Å². The number of hydrogen-bond acceptors (Lipinski definition) is 3. The zero-order chi connectivity index (χ0) is 13.5. The number of aliphatic hydroxyl groups is 1. The van der Waals surface area contributed by atoms with Crippen LogP contribution in [-0.4, -0.2) is 18.3 Å². The average Bonchev–Trinajstić information content (AvgIpc) is 2.46. The predicted molar refractivity (Wildman–Crippen MR) is 77.5 cm³/mol. The molecule has 3 nitrogen and oxygen atoms in total. The van der Waals surface area contributed by atoms with Crippen LogP contribution in [0.1, 0.15) is 11.1 Å². The quantitative estimate of drug-likeness (QED) is 0.836. The van der Waals surface area contributed by atoms with Crippen molar-refractivity contribution in [1.29, 1.82) is 0 Å². The van der Waals surface area contributed by atoms with Gasteiger partial charge >= 0.3 is 0 Å². The zero-order valence-corrected chi connectivity index (χ0v) is 11.1. The Morgan fingerprint density at radius 1 is 1.00 bits per heavy atom. The molecule has 0 fully saturated rings. The first-order chi connectivity index (χ1) is 9.28. The van der Waals surface area contributed by atoms with Crippen molar-refractivity contribution in [2.75, 3.05) is 18.5 Å². The van der Waals surface area contributed by atoms with Crippen molar-refractivity contribution >= 4 is 5.69 Å². The minimum Gasteiger partial charge on any atom is -0.491 e. The summed E-state index contributed by atoms with van der Waals surface area (Å²) < 4.78 is 5.32. The van der Waals surface area contributed by atoms with E-state index in [1.165, 1.54) is 11.1 Å². The first-order valence-electron chi connectivity index (χ1n) is 6.41. The summed E-state index contributed by atoms with van der Waals surface area (Å²) in [4.78, 5) is 0. The Morgan fingerprint density at radius 3 is 2.32 bits per heavy atom. The van der Waals surface area contributed by atoms with Crippen LogP contribution in [0.5, 0.6) is 5.75 Å². The van der Waals surface area contributed by atoms with Crippen LogP contribution in [-0.2, 0) is 6.54 Å². The second kappa shape index (κ2) is 6.81. The first-order valence-corrected chi connectivity index (χ1v) is 6.41. The van der Waals surface area contributed by atoms with Crippen LogP contribution in [0.25, 0.3) is 0 Å². The molecular weight excluding hydrogens is 238 g/mol. The minimum absolute atomic E-state index is 0.0384. The summed E-state index contributed by atoms with van der Waals surface area (Å²) >= 11 is 0. The SMILES string of the molecule is Cc1ccc(NCc2ccc(OCCO)cc2)cc1. The fourth-order valence-corrected chi connectivity index (χ4v) is 1.74. The van der Waals surface area contributed by atoms with Crippen molar-refractivity contribution in [3.05, 3.63) is 59.7 Å². The van der Waals surface area contributed by atoms with Crippen molar-refractivity contribution in [3.8, 4) is 5.75 Å². The van der Waals surface area contributed by atoms with Crippen LogP contribution >= 0.6 is 0 Å². The lowest BCUT2D eigenvalue weighted by Crippen LogP contribution is -2.02. The zero-order valence-electron chi connectivity index (χ0n) is 11.1. The second-order valence-corrected chi connectivity index (χ2v) is 4.44. The van der Waals surface area contributed by atoms with Gasteiger partial charge in [-0.3, -0.25) is 0 Å². The third-order valence-electron chi connectivity index (χ3n) is 2.83. The normalized spacial score (nSPS) is 10.2. The van der Waals surface area contributed by atoms with E-state index in [-0.39, 0.29) is 6.61 Å². The Morgan fingerprint density at radius 2 is 1.68 bits per heavy atom. The molecule has 0 saturated carbocycles. The molecule has 0 amide bonds. The molecule has 0 aliphatic carbocycles. The Labute approximate surface area is 113 Å². The molecule has 0 aliphatic heterocycles. The lowest BCUT2D eigenvalue weighted by Gasteiger charge is -2.08. The summed E-state index contributed by atoms with van der Waals surface area (Å²) in [5, 5.41) is 12.0. The van der Waals surface area contributed by atoms with Gasteiger partial charge in [-0.2, -0.15) is 0 Å². The smallest absolute Gasteiger partial charge is 0.119 e. The molecule has 0 aliphatic rings. The Bertz CT molecular complexity index is 491. The highest BCUT2D eigenvalue weighted by Gasteiger charge is 1.96. The number of benzene rings is 2. The first kappa shape index (κ1) is 13.4. The number of anilines is 1. The van der Waals surface area contributed by atoms with Crippen molar-refractivity contribution in [1.82, 2.24) is 0 Å². The molecule has 2 N–H and O–H groups in total. The number of nitrogens with one attached hydrogen (secondary N) is 1. The summed E-state index contributed by atoms with van der Waals surface area (Å²) in [5.74, 6) is 0.785. The molecule has 0 unspecified atom stereocenters. The van der Waals surface area contributed by atoms with Crippen LogP contribution in [0.2, 0.25) is 0 Å². The summed E-state index contributed by atoms with van der Waals surface area (Å²) in [6.45, 7) is 3.23. The molecule has 0 atom stereocenters. The van der Waals surface area contributed by atoms with Crippen LogP contribution in [0.15, 0.2) is 48.5 Å². The molecule has 0 spiro atoms. The van der Waals surface area contributed by atoms with E-state index in [1.54, 1.807) is 0 Å². The Hall–Kier alpha value is -2.00. The van der Waals surface area contributed by atoms with Crippen LogP contribution < -0.4 is 10.1 Å². The highest BCUT2D eigenvalue weighted by atomic mass is 16.5. The number of hydrogen-bond donors (Lipinski definition) is 2. The third-order valence-corrected chi connectivity index (χ3v) is 2.83. The maximum absolute atomic E-state index is 8.68. The summed E-state index contributed by atoms with van der Waals surface area (Å²) in [5.41, 5.74) is 3.57. The van der Waals surface area contributed by atoms with E-state index in [0.29, 0.717) is 6.61 Å². The van der Waals surface area contributed by atoms with E-state index in [1.807, 2.05) is 24.3 Å². The van der Waals surface area contributed by atoms with E-state index >= 15 is 0 Å². The molecule has 0 saturated heterocycles. The van der Waals surface area contributed by atoms with Gasteiger partial charge in [-0.1, -0.05) is 29.8 Å². The van der Waals surface area contributed by atoms with E-state index in [4.69, 9.17) is 9.84 Å². The van der Waals surface area contributed by atoms with Crippen molar-refractivity contribution in [2.45, 2.75) is 13.5 Å². The highest BCUT2D eigenvalue weighted by molar-refractivity contribution is 5.45. The topological polar surface area (TPSA) is 41.5 Å². The van der Waals surface area contributed by atoms with Gasteiger partial charge in [0.15, 0.2) is 0 Å². The maximum Gasteiger partial charge on any atom is 0.119 e. The Kier molecular flexibility index (Phi) is 4.81. The van der Waals surface area contributed by atoms with Crippen molar-refractivity contribution in [3.63, 3.8) is 0 Å². The van der Waals surface area contributed by atoms with Gasteiger partial charge in [-0.05, 0) is 36.8 Å². The number of aryl methyl sites for hydroxylation is 1. The lowest BCUT2D eigenvalue weighted by molar-refractivity contribution is 0.201. The number of rotatable bonds is 6. The van der Waals surface area contributed by atoms with Crippen LogP contribution in [0.4, 0.5) is 5.69 Å². The van der Waals surface area contributed by atoms with Gasteiger partial charge in [0.05, 0.1) is 6.61 Å². The number of aliphatic hydroxyl groups excluding tert-OH is 1. The maximum atomic E-state index is 8.68. The standard InChI is InChI=1S/C16H19NO2/c1-13-2-6-15(7-3-13)17-12-14-4-8-16(9-5-14)19-11-10-18/h2-9,17-18H,10-12H2,1H3. The summed E-state index contributed by atoms with van der Waals surface area (Å²) in [6.07, 6.45) is 0. The van der Waals surface area contributed by atoms with Gasteiger partial charge in [0.1, 0.15) is 12.4 Å². The molecular formula is C16H19NO2. The Balaban J connectivity index is 1.87. The molecule has 19 heavy (non-hydrogen) atoms. The highest BCUT2D eigenvalue weighted by Crippen LogP contribution is 2.14. The minimum atomic E-state index is 0.0384. The summed E-state index contributed by atoms with van der Waals surface area (Å²) in [7, 11) is 0. The fraction of sp³-hybridized carbons (Fsp3) is 0.250. The van der Waals surface area contributed by atoms with E-state index in [0.717, 1.165) is 18.0 Å². The average molecular weight is 257 g/mol. The lowest BCUT2D eigenvalue weighted by atomic mass is 10.2. The monoisotopic (exact) mass is 257 g/mol. The molecule has 2 aromatic carbocycles.